The van der Waals surface area contributed by atoms with E-state index in [0.29, 0.717) is 46.9 Å². The molecule has 1 aliphatic heterocycles. The average molecular weight is 424 g/mol. The molecule has 152 valence electrons. The van der Waals surface area contributed by atoms with Crippen LogP contribution >= 0.6 is 24.0 Å². The Kier molecular flexibility index (Phi) is 8.79. The predicted molar refractivity (Wildman–Crippen MR) is 115 cm³/mol. The topological polar surface area (TPSA) is 65.1 Å². The summed E-state index contributed by atoms with van der Waals surface area (Å²) < 4.78 is 16.5. The fourth-order valence-corrected chi connectivity index (χ4v) is 3.85. The Morgan fingerprint density at radius 3 is 2.71 bits per heavy atom. The molecule has 2 rings (SSSR count). The van der Waals surface area contributed by atoms with Gasteiger partial charge in [0.2, 0.25) is 0 Å². The molecule has 0 atom stereocenters. The van der Waals surface area contributed by atoms with Gasteiger partial charge in [0, 0.05) is 13.0 Å². The van der Waals surface area contributed by atoms with Gasteiger partial charge >= 0.3 is 5.97 Å². The van der Waals surface area contributed by atoms with E-state index in [0.717, 1.165) is 12.0 Å². The van der Waals surface area contributed by atoms with Crippen molar-refractivity contribution in [3.63, 3.8) is 0 Å². The predicted octanol–water partition coefficient (Wildman–Crippen LogP) is 4.03. The number of ether oxygens (including phenoxy) is 3. The summed E-state index contributed by atoms with van der Waals surface area (Å²) in [6, 6.07) is 5.60. The molecule has 0 saturated carbocycles. The van der Waals surface area contributed by atoms with Crippen LogP contribution in [0.5, 0.6) is 11.5 Å². The SMILES string of the molecule is CCCOc1ccc(/C=C2\SC(=S)N(CCCC(=O)OC)C2=O)cc1OCC. The van der Waals surface area contributed by atoms with Crippen molar-refractivity contribution in [1.29, 1.82) is 0 Å². The van der Waals surface area contributed by atoms with Crippen LogP contribution < -0.4 is 9.47 Å². The number of rotatable bonds is 10. The summed E-state index contributed by atoms with van der Waals surface area (Å²) in [5, 5.41) is 0. The number of benzene rings is 1. The Labute approximate surface area is 175 Å². The molecule has 6 nitrogen and oxygen atoms in total. The van der Waals surface area contributed by atoms with Gasteiger partial charge in [0.15, 0.2) is 11.5 Å². The number of carbonyl (C=O) groups is 2. The van der Waals surface area contributed by atoms with E-state index in [4.69, 9.17) is 21.7 Å². The minimum Gasteiger partial charge on any atom is -0.490 e. The van der Waals surface area contributed by atoms with Gasteiger partial charge in [0.25, 0.3) is 5.91 Å². The Balaban J connectivity index is 2.11. The lowest BCUT2D eigenvalue weighted by atomic mass is 10.2. The summed E-state index contributed by atoms with van der Waals surface area (Å²) in [6.07, 6.45) is 3.46. The van der Waals surface area contributed by atoms with Gasteiger partial charge in [-0.25, -0.2) is 0 Å². The van der Waals surface area contributed by atoms with Crippen molar-refractivity contribution < 1.29 is 23.8 Å². The van der Waals surface area contributed by atoms with E-state index in [1.54, 1.807) is 6.08 Å². The van der Waals surface area contributed by atoms with Crippen LogP contribution in [0.15, 0.2) is 23.1 Å². The van der Waals surface area contributed by atoms with Gasteiger partial charge in [-0.2, -0.15) is 0 Å². The summed E-state index contributed by atoms with van der Waals surface area (Å²) >= 11 is 6.58. The van der Waals surface area contributed by atoms with Crippen LogP contribution in [0.4, 0.5) is 0 Å². The highest BCUT2D eigenvalue weighted by Gasteiger charge is 2.31. The Morgan fingerprint density at radius 2 is 2.04 bits per heavy atom. The van der Waals surface area contributed by atoms with E-state index in [-0.39, 0.29) is 18.3 Å². The summed E-state index contributed by atoms with van der Waals surface area (Å²) in [7, 11) is 1.35. The molecule has 1 amide bonds. The minimum atomic E-state index is -0.296. The highest BCUT2D eigenvalue weighted by atomic mass is 32.2. The first-order valence-corrected chi connectivity index (χ1v) is 10.4. The summed E-state index contributed by atoms with van der Waals surface area (Å²) in [5.74, 6) is 0.897. The molecule has 0 bridgehead atoms. The molecule has 8 heteroatoms. The zero-order valence-electron chi connectivity index (χ0n) is 16.4. The number of methoxy groups -OCH3 is 1. The second-order valence-electron chi connectivity index (χ2n) is 6.00. The maximum Gasteiger partial charge on any atom is 0.305 e. The standard InChI is InChI=1S/C20H25NO5S2/c1-4-11-26-15-9-8-14(12-16(15)25-5-2)13-17-19(23)21(20(27)28-17)10-6-7-18(22)24-3/h8-9,12-13H,4-7,10-11H2,1-3H3/b17-13-. The van der Waals surface area contributed by atoms with Gasteiger partial charge in [-0.05, 0) is 43.5 Å². The molecular weight excluding hydrogens is 398 g/mol. The Morgan fingerprint density at radius 1 is 1.25 bits per heavy atom. The highest BCUT2D eigenvalue weighted by molar-refractivity contribution is 8.26. The number of hydrogen-bond acceptors (Lipinski definition) is 7. The second kappa shape index (κ2) is 11.1. The quantitative estimate of drug-likeness (QED) is 0.320. The van der Waals surface area contributed by atoms with Gasteiger partial charge < -0.3 is 14.2 Å². The first kappa shape index (κ1) is 22.2. The van der Waals surface area contributed by atoms with Crippen molar-refractivity contribution in [1.82, 2.24) is 4.90 Å². The number of amides is 1. The fraction of sp³-hybridized carbons (Fsp3) is 0.450. The molecule has 0 N–H and O–H groups in total. The van der Waals surface area contributed by atoms with Crippen molar-refractivity contribution in [2.45, 2.75) is 33.1 Å². The van der Waals surface area contributed by atoms with Crippen molar-refractivity contribution in [3.05, 3.63) is 28.7 Å². The third kappa shape index (κ3) is 5.97. The first-order chi connectivity index (χ1) is 13.5. The second-order valence-corrected chi connectivity index (χ2v) is 7.68. The van der Waals surface area contributed by atoms with E-state index in [1.807, 2.05) is 32.0 Å². The minimum absolute atomic E-state index is 0.149. The number of thioether (sulfide) groups is 1. The van der Waals surface area contributed by atoms with Crippen LogP contribution in [-0.2, 0) is 14.3 Å². The third-order valence-corrected chi connectivity index (χ3v) is 5.27. The van der Waals surface area contributed by atoms with Gasteiger partial charge in [-0.15, -0.1) is 0 Å². The molecule has 1 saturated heterocycles. The van der Waals surface area contributed by atoms with Crippen LogP contribution in [0.25, 0.3) is 6.08 Å². The normalized spacial score (nSPS) is 15.2. The third-order valence-electron chi connectivity index (χ3n) is 3.89. The van der Waals surface area contributed by atoms with Crippen molar-refractivity contribution in [3.8, 4) is 11.5 Å². The summed E-state index contributed by atoms with van der Waals surface area (Å²) in [5.41, 5.74) is 0.836. The molecule has 0 spiro atoms. The van der Waals surface area contributed by atoms with Gasteiger partial charge in [0.1, 0.15) is 4.32 Å². The maximum atomic E-state index is 12.7. The van der Waals surface area contributed by atoms with Gasteiger partial charge in [0.05, 0.1) is 25.2 Å². The van der Waals surface area contributed by atoms with Crippen LogP contribution in [-0.4, -0.2) is 48.0 Å². The molecule has 1 heterocycles. The molecule has 0 unspecified atom stereocenters. The highest BCUT2D eigenvalue weighted by Crippen LogP contribution is 2.35. The number of esters is 1. The fourth-order valence-electron chi connectivity index (χ4n) is 2.54. The lowest BCUT2D eigenvalue weighted by Gasteiger charge is -2.13. The lowest BCUT2D eigenvalue weighted by Crippen LogP contribution is -2.29. The zero-order chi connectivity index (χ0) is 20.5. The molecule has 0 aliphatic carbocycles. The maximum absolute atomic E-state index is 12.7. The average Bonchev–Trinajstić information content (AvgIpc) is 2.94. The van der Waals surface area contributed by atoms with Gasteiger partial charge in [-0.1, -0.05) is 37.0 Å². The largest absolute Gasteiger partial charge is 0.490 e. The Bertz CT molecular complexity index is 763. The van der Waals surface area contributed by atoms with E-state index in [1.165, 1.54) is 23.8 Å². The summed E-state index contributed by atoms with van der Waals surface area (Å²) in [6.45, 7) is 5.49. The molecule has 0 aromatic heterocycles. The molecule has 0 radical (unpaired) electrons. The molecule has 1 aromatic carbocycles. The van der Waals surface area contributed by atoms with Crippen LogP contribution in [0, 0.1) is 0 Å². The number of carbonyl (C=O) groups excluding carboxylic acids is 2. The van der Waals surface area contributed by atoms with E-state index in [9.17, 15) is 9.59 Å². The molecule has 1 aliphatic rings. The number of thiocarbonyl (C=S) groups is 1. The summed E-state index contributed by atoms with van der Waals surface area (Å²) in [4.78, 5) is 26.0. The molecule has 1 aromatic rings. The lowest BCUT2D eigenvalue weighted by molar-refractivity contribution is -0.141. The van der Waals surface area contributed by atoms with Crippen LogP contribution in [0.2, 0.25) is 0 Å². The van der Waals surface area contributed by atoms with Crippen molar-refractivity contribution in [2.75, 3.05) is 26.9 Å². The van der Waals surface area contributed by atoms with Crippen LogP contribution in [0.3, 0.4) is 0 Å². The van der Waals surface area contributed by atoms with Gasteiger partial charge in [-0.3, -0.25) is 14.5 Å². The van der Waals surface area contributed by atoms with Crippen molar-refractivity contribution >= 4 is 46.3 Å². The first-order valence-electron chi connectivity index (χ1n) is 9.22. The van der Waals surface area contributed by atoms with E-state index in [2.05, 4.69) is 4.74 Å². The smallest absolute Gasteiger partial charge is 0.305 e. The van der Waals surface area contributed by atoms with Crippen molar-refractivity contribution in [2.24, 2.45) is 0 Å². The Hall–Kier alpha value is -2.06. The molecule has 1 fully saturated rings. The zero-order valence-corrected chi connectivity index (χ0v) is 18.0. The molecule has 28 heavy (non-hydrogen) atoms. The number of nitrogens with zero attached hydrogens (tertiary/aromatic N) is 1. The van der Waals surface area contributed by atoms with E-state index >= 15 is 0 Å². The van der Waals surface area contributed by atoms with Crippen LogP contribution in [0.1, 0.15) is 38.7 Å². The van der Waals surface area contributed by atoms with E-state index < -0.39 is 0 Å². The number of hydrogen-bond donors (Lipinski definition) is 0. The monoisotopic (exact) mass is 423 g/mol. The molecular formula is C20H25NO5S2.